The van der Waals surface area contributed by atoms with Gasteiger partial charge in [-0.1, -0.05) is 23.2 Å². The van der Waals surface area contributed by atoms with Crippen LogP contribution in [0.3, 0.4) is 0 Å². The van der Waals surface area contributed by atoms with Gasteiger partial charge in [-0.05, 0) is 24.6 Å². The first kappa shape index (κ1) is 12.1. The molecule has 1 rings (SSSR count). The van der Waals surface area contributed by atoms with Gasteiger partial charge in [0, 0.05) is 6.42 Å². The molecule has 82 valence electrons. The minimum Gasteiger partial charge on any atom is -0.492 e. The van der Waals surface area contributed by atoms with Crippen molar-refractivity contribution in [3.8, 4) is 5.75 Å². The summed E-state index contributed by atoms with van der Waals surface area (Å²) in [5.74, 6) is 0.648. The summed E-state index contributed by atoms with van der Waals surface area (Å²) in [6.45, 7) is 6.32. The van der Waals surface area contributed by atoms with Crippen LogP contribution in [0.4, 0.5) is 0 Å². The van der Waals surface area contributed by atoms with Crippen molar-refractivity contribution >= 4 is 11.6 Å². The molecule has 0 amide bonds. The maximum absolute atomic E-state index is 8.89. The zero-order valence-corrected chi connectivity index (χ0v) is 9.55. The zero-order valence-electron chi connectivity index (χ0n) is 8.79. The van der Waals surface area contributed by atoms with Crippen LogP contribution in [0.1, 0.15) is 18.9 Å². The van der Waals surface area contributed by atoms with Crippen molar-refractivity contribution in [3.63, 3.8) is 0 Å². The maximum atomic E-state index is 8.89. The molecule has 2 nitrogen and oxygen atoms in total. The van der Waals surface area contributed by atoms with Crippen LogP contribution >= 0.6 is 11.6 Å². The monoisotopic (exact) mass is 226 g/mol. The Morgan fingerprint density at radius 2 is 2.27 bits per heavy atom. The van der Waals surface area contributed by atoms with Crippen LogP contribution in [0, 0.1) is 0 Å². The lowest BCUT2D eigenvalue weighted by Gasteiger charge is -2.08. The molecule has 1 N–H and O–H groups in total. The fourth-order valence-corrected chi connectivity index (χ4v) is 1.35. The first-order chi connectivity index (χ1) is 7.13. The van der Waals surface area contributed by atoms with Gasteiger partial charge >= 0.3 is 0 Å². The SMILES string of the molecule is C=C(C)CCOc1ccc(CO)cc1Cl. The molecule has 0 radical (unpaired) electrons. The van der Waals surface area contributed by atoms with Gasteiger partial charge in [0.1, 0.15) is 5.75 Å². The minimum atomic E-state index is -0.00817. The number of rotatable bonds is 5. The standard InChI is InChI=1S/C12H15ClO2/c1-9(2)5-6-15-12-4-3-10(8-14)7-11(12)13/h3-4,7,14H,1,5-6,8H2,2H3. The van der Waals surface area contributed by atoms with Gasteiger partial charge in [-0.25, -0.2) is 0 Å². The lowest BCUT2D eigenvalue weighted by Crippen LogP contribution is -1.98. The summed E-state index contributed by atoms with van der Waals surface area (Å²) in [4.78, 5) is 0. The van der Waals surface area contributed by atoms with Crippen LogP contribution in [0.15, 0.2) is 30.4 Å². The summed E-state index contributed by atoms with van der Waals surface area (Å²) in [5, 5.41) is 9.42. The van der Waals surface area contributed by atoms with E-state index in [1.54, 1.807) is 18.2 Å². The molecule has 1 aromatic carbocycles. The highest BCUT2D eigenvalue weighted by Gasteiger charge is 2.02. The molecule has 0 aliphatic carbocycles. The summed E-state index contributed by atoms with van der Waals surface area (Å²) in [6, 6.07) is 5.27. The van der Waals surface area contributed by atoms with Crippen molar-refractivity contribution in [2.24, 2.45) is 0 Å². The lowest BCUT2D eigenvalue weighted by molar-refractivity contribution is 0.281. The number of aliphatic hydroxyl groups excluding tert-OH is 1. The first-order valence-corrected chi connectivity index (χ1v) is 5.17. The predicted octanol–water partition coefficient (Wildman–Crippen LogP) is 3.18. The molecule has 15 heavy (non-hydrogen) atoms. The Labute approximate surface area is 95.1 Å². The molecule has 0 atom stereocenters. The van der Waals surface area contributed by atoms with Gasteiger partial charge in [0.2, 0.25) is 0 Å². The summed E-state index contributed by atoms with van der Waals surface area (Å²) in [6.07, 6.45) is 0.818. The summed E-state index contributed by atoms with van der Waals surface area (Å²) < 4.78 is 5.47. The first-order valence-electron chi connectivity index (χ1n) is 4.80. The molecule has 0 unspecified atom stereocenters. The predicted molar refractivity (Wildman–Crippen MR) is 62.3 cm³/mol. The van der Waals surface area contributed by atoms with Crippen molar-refractivity contribution in [3.05, 3.63) is 40.9 Å². The maximum Gasteiger partial charge on any atom is 0.137 e. The Hall–Kier alpha value is -0.990. The van der Waals surface area contributed by atoms with Crippen molar-refractivity contribution < 1.29 is 9.84 Å². The molecule has 0 heterocycles. The highest BCUT2D eigenvalue weighted by atomic mass is 35.5. The van der Waals surface area contributed by atoms with E-state index in [0.717, 1.165) is 17.6 Å². The lowest BCUT2D eigenvalue weighted by atomic mass is 10.2. The van der Waals surface area contributed by atoms with Gasteiger partial charge in [0.15, 0.2) is 0 Å². The van der Waals surface area contributed by atoms with Gasteiger partial charge in [0.05, 0.1) is 18.2 Å². The molecule has 0 saturated carbocycles. The van der Waals surface area contributed by atoms with E-state index < -0.39 is 0 Å². The van der Waals surface area contributed by atoms with Crippen molar-refractivity contribution in [2.75, 3.05) is 6.61 Å². The molecule has 3 heteroatoms. The minimum absolute atomic E-state index is 0.00817. The van der Waals surface area contributed by atoms with Crippen LogP contribution in [0.5, 0.6) is 5.75 Å². The van der Waals surface area contributed by atoms with Gasteiger partial charge < -0.3 is 9.84 Å². The topological polar surface area (TPSA) is 29.5 Å². The van der Waals surface area contributed by atoms with E-state index >= 15 is 0 Å². The molecule has 0 fully saturated rings. The van der Waals surface area contributed by atoms with Crippen LogP contribution < -0.4 is 4.74 Å². The third-order valence-electron chi connectivity index (χ3n) is 1.97. The second kappa shape index (κ2) is 5.79. The average molecular weight is 227 g/mol. The van der Waals surface area contributed by atoms with E-state index in [4.69, 9.17) is 21.4 Å². The number of hydrogen-bond donors (Lipinski definition) is 1. The summed E-state index contributed by atoms with van der Waals surface area (Å²) >= 11 is 5.96. The van der Waals surface area contributed by atoms with E-state index in [1.807, 2.05) is 6.92 Å². The largest absolute Gasteiger partial charge is 0.492 e. The van der Waals surface area contributed by atoms with Crippen molar-refractivity contribution in [1.82, 2.24) is 0 Å². The number of hydrogen-bond acceptors (Lipinski definition) is 2. The Kier molecular flexibility index (Phi) is 4.66. The summed E-state index contributed by atoms with van der Waals surface area (Å²) in [5.41, 5.74) is 1.87. The van der Waals surface area contributed by atoms with Crippen LogP contribution in [-0.2, 0) is 6.61 Å². The molecule has 0 spiro atoms. The molecular formula is C12H15ClO2. The third-order valence-corrected chi connectivity index (χ3v) is 2.26. The third kappa shape index (κ3) is 3.94. The molecule has 0 aromatic heterocycles. The number of benzene rings is 1. The Balaban J connectivity index is 2.58. The number of halogens is 1. The van der Waals surface area contributed by atoms with E-state index in [-0.39, 0.29) is 6.61 Å². The second-order valence-electron chi connectivity index (χ2n) is 3.48. The molecule has 0 saturated heterocycles. The van der Waals surface area contributed by atoms with Gasteiger partial charge in [-0.15, -0.1) is 6.58 Å². The molecule has 0 bridgehead atoms. The quantitative estimate of drug-likeness (QED) is 0.782. The van der Waals surface area contributed by atoms with Gasteiger partial charge in [0.25, 0.3) is 0 Å². The Morgan fingerprint density at radius 1 is 1.53 bits per heavy atom. The van der Waals surface area contributed by atoms with Crippen molar-refractivity contribution in [1.29, 1.82) is 0 Å². The Bertz CT molecular complexity index is 347. The fraction of sp³-hybridized carbons (Fsp3) is 0.333. The molecular weight excluding hydrogens is 212 g/mol. The number of aliphatic hydroxyl groups is 1. The molecule has 0 aliphatic rings. The highest BCUT2D eigenvalue weighted by molar-refractivity contribution is 6.32. The zero-order chi connectivity index (χ0) is 11.3. The van der Waals surface area contributed by atoms with E-state index in [0.29, 0.717) is 17.4 Å². The average Bonchev–Trinajstić information content (AvgIpc) is 2.20. The highest BCUT2D eigenvalue weighted by Crippen LogP contribution is 2.25. The Morgan fingerprint density at radius 3 is 2.80 bits per heavy atom. The van der Waals surface area contributed by atoms with E-state index in [2.05, 4.69) is 6.58 Å². The van der Waals surface area contributed by atoms with Gasteiger partial charge in [-0.2, -0.15) is 0 Å². The van der Waals surface area contributed by atoms with Crippen LogP contribution in [-0.4, -0.2) is 11.7 Å². The van der Waals surface area contributed by atoms with E-state index in [9.17, 15) is 0 Å². The van der Waals surface area contributed by atoms with Crippen LogP contribution in [0.2, 0.25) is 5.02 Å². The molecule has 1 aromatic rings. The smallest absolute Gasteiger partial charge is 0.137 e. The fourth-order valence-electron chi connectivity index (χ4n) is 1.09. The normalized spacial score (nSPS) is 10.1. The second-order valence-corrected chi connectivity index (χ2v) is 3.89. The number of ether oxygens (including phenoxy) is 1. The summed E-state index contributed by atoms with van der Waals surface area (Å²) in [7, 11) is 0. The van der Waals surface area contributed by atoms with Gasteiger partial charge in [-0.3, -0.25) is 0 Å². The van der Waals surface area contributed by atoms with E-state index in [1.165, 1.54) is 0 Å². The van der Waals surface area contributed by atoms with Crippen LogP contribution in [0.25, 0.3) is 0 Å². The van der Waals surface area contributed by atoms with Crippen molar-refractivity contribution in [2.45, 2.75) is 20.0 Å². The molecule has 0 aliphatic heterocycles.